The van der Waals surface area contributed by atoms with Gasteiger partial charge >= 0.3 is 0 Å². The van der Waals surface area contributed by atoms with Crippen LogP contribution >= 0.6 is 0 Å². The Balaban J connectivity index is 1.56. The summed E-state index contributed by atoms with van der Waals surface area (Å²) < 4.78 is 1.93. The van der Waals surface area contributed by atoms with E-state index in [1.807, 2.05) is 29.8 Å². The maximum absolute atomic E-state index is 12.0. The predicted molar refractivity (Wildman–Crippen MR) is 89.1 cm³/mol. The maximum Gasteiger partial charge on any atom is 0.244 e. The summed E-state index contributed by atoms with van der Waals surface area (Å²) in [4.78, 5) is 20.6. The first-order valence-electron chi connectivity index (χ1n) is 8.15. The van der Waals surface area contributed by atoms with Gasteiger partial charge in [0.15, 0.2) is 0 Å². The van der Waals surface area contributed by atoms with Gasteiger partial charge in [-0.1, -0.05) is 18.1 Å². The minimum Gasteiger partial charge on any atom is -0.348 e. The van der Waals surface area contributed by atoms with E-state index in [1.54, 1.807) is 18.5 Å². The summed E-state index contributed by atoms with van der Waals surface area (Å²) in [5.41, 5.74) is 2.26. The number of nitrogens with one attached hydrogen (secondary N) is 1. The molecule has 0 bridgehead atoms. The Kier molecular flexibility index (Phi) is 4.86. The van der Waals surface area contributed by atoms with Crippen LogP contribution < -0.4 is 5.32 Å². The van der Waals surface area contributed by atoms with Gasteiger partial charge in [-0.05, 0) is 44.2 Å². The molecule has 5 nitrogen and oxygen atoms in total. The Labute approximate surface area is 136 Å². The lowest BCUT2D eigenvalue weighted by Gasteiger charge is -2.13. The number of carbonyl (C=O) groups is 1. The second kappa shape index (κ2) is 7.22. The Hall–Kier alpha value is -2.43. The van der Waals surface area contributed by atoms with Gasteiger partial charge in [0, 0.05) is 31.2 Å². The zero-order chi connectivity index (χ0) is 16.1. The summed E-state index contributed by atoms with van der Waals surface area (Å²) in [5, 5.41) is 2.94. The van der Waals surface area contributed by atoms with Crippen LogP contribution in [-0.4, -0.2) is 20.4 Å². The van der Waals surface area contributed by atoms with Crippen LogP contribution in [0.15, 0.2) is 42.4 Å². The lowest BCUT2D eigenvalue weighted by molar-refractivity contribution is -0.116. The van der Waals surface area contributed by atoms with Crippen molar-refractivity contribution in [3.05, 3.63) is 53.8 Å². The summed E-state index contributed by atoms with van der Waals surface area (Å²) in [6.07, 6.45) is 13.0. The van der Waals surface area contributed by atoms with E-state index >= 15 is 0 Å². The lowest BCUT2D eigenvalue weighted by atomic mass is 9.94. The number of nitrogens with zero attached hydrogens (tertiary/aromatic N) is 3. The number of hydrogen-bond donors (Lipinski definition) is 1. The van der Waals surface area contributed by atoms with Crippen LogP contribution in [0, 0.1) is 6.92 Å². The number of carbonyl (C=O) groups excluding carboxylic acids is 1. The van der Waals surface area contributed by atoms with E-state index in [-0.39, 0.29) is 5.91 Å². The molecule has 23 heavy (non-hydrogen) atoms. The van der Waals surface area contributed by atoms with Gasteiger partial charge in [-0.15, -0.1) is 0 Å². The van der Waals surface area contributed by atoms with Crippen molar-refractivity contribution in [2.24, 2.45) is 0 Å². The van der Waals surface area contributed by atoms with Gasteiger partial charge in [0.2, 0.25) is 5.91 Å². The highest BCUT2D eigenvalue weighted by Gasteiger charge is 2.07. The highest BCUT2D eigenvalue weighted by molar-refractivity contribution is 5.88. The molecule has 0 aliphatic heterocycles. The zero-order valence-corrected chi connectivity index (χ0v) is 13.5. The fraction of sp³-hybridized carbons (Fsp3) is 0.389. The molecule has 1 N–H and O–H groups in total. The van der Waals surface area contributed by atoms with Gasteiger partial charge < -0.3 is 5.32 Å². The number of pyridine rings is 1. The average Bonchev–Trinajstić information content (AvgIpc) is 3.00. The van der Waals surface area contributed by atoms with E-state index < -0.39 is 0 Å². The van der Waals surface area contributed by atoms with Crippen LogP contribution in [0.5, 0.6) is 0 Å². The molecular formula is C18H22N4O. The van der Waals surface area contributed by atoms with Gasteiger partial charge in [-0.3, -0.25) is 9.36 Å². The fourth-order valence-electron chi connectivity index (χ4n) is 2.86. The largest absolute Gasteiger partial charge is 0.348 e. The van der Waals surface area contributed by atoms with Crippen molar-refractivity contribution < 1.29 is 4.79 Å². The second-order valence-corrected chi connectivity index (χ2v) is 5.95. The van der Waals surface area contributed by atoms with Crippen molar-refractivity contribution in [2.75, 3.05) is 0 Å². The zero-order valence-electron chi connectivity index (χ0n) is 13.5. The Morgan fingerprint density at radius 2 is 2.09 bits per heavy atom. The SMILES string of the molecule is Cc1nccn1-c1ccc(CNC(=O)C=C2CCCCC2)cn1. The molecule has 5 heteroatoms. The van der Waals surface area contributed by atoms with Crippen LogP contribution in [0.2, 0.25) is 0 Å². The molecule has 1 amide bonds. The van der Waals surface area contributed by atoms with Gasteiger partial charge in [-0.25, -0.2) is 9.97 Å². The summed E-state index contributed by atoms with van der Waals surface area (Å²) in [6, 6.07) is 3.92. The number of rotatable bonds is 4. The van der Waals surface area contributed by atoms with Crippen molar-refractivity contribution in [3.63, 3.8) is 0 Å². The fourth-order valence-corrected chi connectivity index (χ4v) is 2.86. The van der Waals surface area contributed by atoms with E-state index in [0.717, 1.165) is 30.0 Å². The van der Waals surface area contributed by atoms with E-state index in [0.29, 0.717) is 6.54 Å². The second-order valence-electron chi connectivity index (χ2n) is 5.95. The third-order valence-corrected chi connectivity index (χ3v) is 4.18. The third-order valence-electron chi connectivity index (χ3n) is 4.18. The predicted octanol–water partition coefficient (Wildman–Crippen LogP) is 3.08. The van der Waals surface area contributed by atoms with Crippen LogP contribution in [-0.2, 0) is 11.3 Å². The monoisotopic (exact) mass is 310 g/mol. The number of aryl methyl sites for hydroxylation is 1. The van der Waals surface area contributed by atoms with E-state index in [2.05, 4.69) is 15.3 Å². The molecule has 2 aromatic heterocycles. The summed E-state index contributed by atoms with van der Waals surface area (Å²) in [5.74, 6) is 1.73. The Morgan fingerprint density at radius 1 is 1.26 bits per heavy atom. The number of hydrogen-bond acceptors (Lipinski definition) is 3. The molecule has 1 aliphatic rings. The molecule has 0 unspecified atom stereocenters. The topological polar surface area (TPSA) is 59.8 Å². The third kappa shape index (κ3) is 4.06. The molecule has 1 saturated carbocycles. The Morgan fingerprint density at radius 3 is 2.74 bits per heavy atom. The van der Waals surface area contributed by atoms with E-state index in [9.17, 15) is 4.79 Å². The summed E-state index contributed by atoms with van der Waals surface area (Å²) in [6.45, 7) is 2.44. The van der Waals surface area contributed by atoms with Gasteiger partial charge in [-0.2, -0.15) is 0 Å². The van der Waals surface area contributed by atoms with E-state index in [4.69, 9.17) is 0 Å². The standard InChI is InChI=1S/C18H22N4O/c1-14-19-9-10-22(14)17-8-7-16(12-20-17)13-21-18(23)11-15-5-3-2-4-6-15/h7-12H,2-6,13H2,1H3,(H,21,23). The van der Waals surface area contributed by atoms with Crippen molar-refractivity contribution in [1.82, 2.24) is 19.9 Å². The molecule has 0 saturated heterocycles. The number of aromatic nitrogens is 3. The van der Waals surface area contributed by atoms with Gasteiger partial charge in [0.25, 0.3) is 0 Å². The molecule has 0 radical (unpaired) electrons. The summed E-state index contributed by atoms with van der Waals surface area (Å²) >= 11 is 0. The maximum atomic E-state index is 12.0. The minimum absolute atomic E-state index is 0.00331. The highest BCUT2D eigenvalue weighted by Crippen LogP contribution is 2.22. The quantitative estimate of drug-likeness (QED) is 0.883. The molecule has 1 aliphatic carbocycles. The van der Waals surface area contributed by atoms with Crippen LogP contribution in [0.4, 0.5) is 0 Å². The molecule has 2 aromatic rings. The van der Waals surface area contributed by atoms with Crippen molar-refractivity contribution in [1.29, 1.82) is 0 Å². The van der Waals surface area contributed by atoms with Gasteiger partial charge in [0.05, 0.1) is 0 Å². The minimum atomic E-state index is -0.00331. The van der Waals surface area contributed by atoms with Gasteiger partial charge in [0.1, 0.15) is 11.6 Å². The molecular weight excluding hydrogens is 288 g/mol. The van der Waals surface area contributed by atoms with Crippen molar-refractivity contribution in [3.8, 4) is 5.82 Å². The molecule has 0 atom stereocenters. The van der Waals surface area contributed by atoms with Crippen LogP contribution in [0.25, 0.3) is 5.82 Å². The van der Waals surface area contributed by atoms with Crippen molar-refractivity contribution in [2.45, 2.75) is 45.6 Å². The molecule has 1 fully saturated rings. The van der Waals surface area contributed by atoms with E-state index in [1.165, 1.54) is 24.8 Å². The first-order valence-corrected chi connectivity index (χ1v) is 8.15. The number of imidazole rings is 1. The normalized spacial score (nSPS) is 14.6. The molecule has 120 valence electrons. The number of allylic oxidation sites excluding steroid dienone is 1. The van der Waals surface area contributed by atoms with Crippen LogP contribution in [0.3, 0.4) is 0 Å². The lowest BCUT2D eigenvalue weighted by Crippen LogP contribution is -2.21. The molecule has 0 aromatic carbocycles. The first kappa shape index (κ1) is 15.5. The molecule has 0 spiro atoms. The Bertz CT molecular complexity index is 692. The van der Waals surface area contributed by atoms with Crippen LogP contribution in [0.1, 0.15) is 43.5 Å². The summed E-state index contributed by atoms with van der Waals surface area (Å²) in [7, 11) is 0. The smallest absolute Gasteiger partial charge is 0.244 e. The highest BCUT2D eigenvalue weighted by atomic mass is 16.1. The average molecular weight is 310 g/mol. The molecule has 2 heterocycles. The number of amides is 1. The first-order chi connectivity index (χ1) is 11.2. The molecule has 3 rings (SSSR count). The van der Waals surface area contributed by atoms with Crippen molar-refractivity contribution >= 4 is 5.91 Å².